The van der Waals surface area contributed by atoms with E-state index in [1.165, 1.54) is 27.8 Å². The summed E-state index contributed by atoms with van der Waals surface area (Å²) in [5, 5.41) is 13.5. The van der Waals surface area contributed by atoms with Gasteiger partial charge in [0.1, 0.15) is 0 Å². The maximum absolute atomic E-state index is 12.1. The normalized spacial score (nSPS) is 10.7. The van der Waals surface area contributed by atoms with Crippen LogP contribution in [0.25, 0.3) is 10.7 Å². The van der Waals surface area contributed by atoms with Crippen LogP contribution in [-0.2, 0) is 4.79 Å². The average Bonchev–Trinajstić information content (AvgIpc) is 3.17. The molecule has 23 heavy (non-hydrogen) atoms. The lowest BCUT2D eigenvalue weighted by Gasteiger charge is -2.07. The highest BCUT2D eigenvalue weighted by Gasteiger charge is 2.14. The van der Waals surface area contributed by atoms with Crippen LogP contribution in [0.1, 0.15) is 5.56 Å². The van der Waals surface area contributed by atoms with Gasteiger partial charge in [0.15, 0.2) is 5.82 Å². The largest absolute Gasteiger partial charge is 0.335 e. The quantitative estimate of drug-likeness (QED) is 0.548. The molecule has 0 radical (unpaired) electrons. The molecule has 3 aromatic rings. The number of carbonyl (C=O) groups is 1. The zero-order valence-corrected chi connectivity index (χ0v) is 14.0. The van der Waals surface area contributed by atoms with E-state index in [1.54, 1.807) is 0 Å². The predicted molar refractivity (Wildman–Crippen MR) is 94.0 cm³/mol. The third kappa shape index (κ3) is 3.54. The molecule has 6 nitrogen and oxygen atoms in total. The first-order chi connectivity index (χ1) is 11.1. The number of nitrogens with one attached hydrogen (secondary N) is 1. The number of para-hydroxylation sites is 1. The van der Waals surface area contributed by atoms with Gasteiger partial charge in [0.25, 0.3) is 0 Å². The molecule has 0 spiro atoms. The van der Waals surface area contributed by atoms with Crippen molar-refractivity contribution in [3.8, 4) is 10.7 Å². The molecule has 8 heteroatoms. The lowest BCUT2D eigenvalue weighted by Crippen LogP contribution is -2.16. The van der Waals surface area contributed by atoms with Crippen molar-refractivity contribution < 1.29 is 4.79 Å². The second-order valence-electron chi connectivity index (χ2n) is 4.81. The third-order valence-corrected chi connectivity index (χ3v) is 4.97. The smallest absolute Gasteiger partial charge is 0.234 e. The minimum Gasteiger partial charge on any atom is -0.335 e. The summed E-state index contributed by atoms with van der Waals surface area (Å²) in [6.45, 7) is 1.95. The fourth-order valence-corrected chi connectivity index (χ4v) is 3.34. The Morgan fingerprint density at radius 3 is 2.87 bits per heavy atom. The molecule has 0 saturated heterocycles. The summed E-state index contributed by atoms with van der Waals surface area (Å²) in [6, 6.07) is 11.5. The van der Waals surface area contributed by atoms with Crippen molar-refractivity contribution in [2.75, 3.05) is 16.9 Å². The number of carbonyl (C=O) groups excluding carboxylic acids is 1. The van der Waals surface area contributed by atoms with Gasteiger partial charge in [0.2, 0.25) is 11.1 Å². The van der Waals surface area contributed by atoms with Crippen molar-refractivity contribution in [3.05, 3.63) is 47.3 Å². The Labute approximate surface area is 141 Å². The Morgan fingerprint density at radius 1 is 1.30 bits per heavy atom. The number of thiophene rings is 1. The van der Waals surface area contributed by atoms with E-state index in [4.69, 9.17) is 5.84 Å². The van der Waals surface area contributed by atoms with E-state index in [2.05, 4.69) is 15.5 Å². The van der Waals surface area contributed by atoms with Crippen LogP contribution >= 0.6 is 23.1 Å². The topological polar surface area (TPSA) is 85.8 Å². The van der Waals surface area contributed by atoms with Crippen LogP contribution in [0.3, 0.4) is 0 Å². The number of nitrogens with zero attached hydrogens (tertiary/aromatic N) is 3. The third-order valence-electron chi connectivity index (χ3n) is 3.16. The molecule has 0 aliphatic rings. The van der Waals surface area contributed by atoms with Crippen LogP contribution < -0.4 is 11.2 Å². The molecular weight excluding hydrogens is 330 g/mol. The van der Waals surface area contributed by atoms with E-state index < -0.39 is 0 Å². The highest BCUT2D eigenvalue weighted by atomic mass is 32.2. The van der Waals surface area contributed by atoms with Crippen LogP contribution in [0.2, 0.25) is 0 Å². The van der Waals surface area contributed by atoms with Gasteiger partial charge in [-0.2, -0.15) is 0 Å². The second-order valence-corrected chi connectivity index (χ2v) is 6.70. The molecular formula is C15H15N5OS2. The Bertz CT molecular complexity index is 813. The number of nitrogens with two attached hydrogens (primary N) is 1. The molecule has 0 saturated carbocycles. The number of amides is 1. The molecule has 0 aliphatic heterocycles. The van der Waals surface area contributed by atoms with Gasteiger partial charge in [-0.15, -0.1) is 21.5 Å². The highest BCUT2D eigenvalue weighted by Crippen LogP contribution is 2.25. The first-order valence-electron chi connectivity index (χ1n) is 6.88. The van der Waals surface area contributed by atoms with Crippen molar-refractivity contribution in [3.63, 3.8) is 0 Å². The number of hydrogen-bond donors (Lipinski definition) is 2. The van der Waals surface area contributed by atoms with Crippen LogP contribution in [0.4, 0.5) is 5.69 Å². The van der Waals surface area contributed by atoms with Gasteiger partial charge in [-0.25, -0.2) is 4.68 Å². The predicted octanol–water partition coefficient (Wildman–Crippen LogP) is 2.76. The number of benzene rings is 1. The number of rotatable bonds is 5. The molecule has 0 bridgehead atoms. The van der Waals surface area contributed by atoms with Crippen molar-refractivity contribution in [2.45, 2.75) is 12.1 Å². The molecule has 3 rings (SSSR count). The summed E-state index contributed by atoms with van der Waals surface area (Å²) in [6.07, 6.45) is 0. The SMILES string of the molecule is Cc1ccccc1NC(=O)CSc1nnc(-c2cccs2)n1N. The monoisotopic (exact) mass is 345 g/mol. The van der Waals surface area contributed by atoms with E-state index >= 15 is 0 Å². The van der Waals surface area contributed by atoms with Gasteiger partial charge in [0, 0.05) is 5.69 Å². The van der Waals surface area contributed by atoms with Crippen molar-refractivity contribution in [1.29, 1.82) is 0 Å². The Morgan fingerprint density at radius 2 is 2.13 bits per heavy atom. The number of aromatic nitrogens is 3. The van der Waals surface area contributed by atoms with Gasteiger partial charge >= 0.3 is 0 Å². The molecule has 0 aliphatic carbocycles. The lowest BCUT2D eigenvalue weighted by molar-refractivity contribution is -0.113. The van der Waals surface area contributed by atoms with Crippen molar-refractivity contribution in [1.82, 2.24) is 14.9 Å². The molecule has 118 valence electrons. The first kappa shape index (κ1) is 15.6. The summed E-state index contributed by atoms with van der Waals surface area (Å²) in [4.78, 5) is 13.0. The zero-order chi connectivity index (χ0) is 16.2. The molecule has 1 amide bonds. The molecule has 0 atom stereocenters. The summed E-state index contributed by atoms with van der Waals surface area (Å²) in [7, 11) is 0. The van der Waals surface area contributed by atoms with E-state index in [1.807, 2.05) is 48.7 Å². The Balaban J connectivity index is 1.63. The molecule has 0 fully saturated rings. The molecule has 2 aromatic heterocycles. The van der Waals surface area contributed by atoms with E-state index in [0.717, 1.165) is 16.1 Å². The standard InChI is InChI=1S/C15H15N5OS2/c1-10-5-2-3-6-11(10)17-13(21)9-23-15-19-18-14(20(15)16)12-7-4-8-22-12/h2-8H,9,16H2,1H3,(H,17,21). The minimum absolute atomic E-state index is 0.107. The number of thioether (sulfide) groups is 1. The number of aryl methyl sites for hydroxylation is 1. The fourth-order valence-electron chi connectivity index (χ4n) is 1.98. The lowest BCUT2D eigenvalue weighted by atomic mass is 10.2. The maximum atomic E-state index is 12.1. The molecule has 3 N–H and O–H groups in total. The van der Waals surface area contributed by atoms with Gasteiger partial charge in [-0.1, -0.05) is 36.0 Å². The number of nitrogen functional groups attached to an aromatic ring is 1. The Hall–Kier alpha value is -2.32. The van der Waals surface area contributed by atoms with Gasteiger partial charge in [-0.05, 0) is 30.0 Å². The number of hydrogen-bond acceptors (Lipinski definition) is 6. The van der Waals surface area contributed by atoms with Crippen LogP contribution in [0, 0.1) is 6.92 Å². The van der Waals surface area contributed by atoms with Crippen molar-refractivity contribution in [2.24, 2.45) is 0 Å². The summed E-state index contributed by atoms with van der Waals surface area (Å²) >= 11 is 2.79. The maximum Gasteiger partial charge on any atom is 0.234 e. The highest BCUT2D eigenvalue weighted by molar-refractivity contribution is 7.99. The Kier molecular flexibility index (Phi) is 4.63. The van der Waals surface area contributed by atoms with Gasteiger partial charge in [0.05, 0.1) is 10.6 Å². The zero-order valence-electron chi connectivity index (χ0n) is 12.4. The first-order valence-corrected chi connectivity index (χ1v) is 8.74. The van der Waals surface area contributed by atoms with Crippen LogP contribution in [0.15, 0.2) is 46.9 Å². The van der Waals surface area contributed by atoms with Gasteiger partial charge < -0.3 is 11.2 Å². The summed E-state index contributed by atoms with van der Waals surface area (Å²) < 4.78 is 1.41. The average molecular weight is 345 g/mol. The van der Waals surface area contributed by atoms with Crippen molar-refractivity contribution >= 4 is 34.7 Å². The molecule has 2 heterocycles. The number of anilines is 1. The fraction of sp³-hybridized carbons (Fsp3) is 0.133. The molecule has 0 unspecified atom stereocenters. The molecule has 1 aromatic carbocycles. The van der Waals surface area contributed by atoms with Gasteiger partial charge in [-0.3, -0.25) is 4.79 Å². The van der Waals surface area contributed by atoms with Crippen LogP contribution in [-0.4, -0.2) is 26.5 Å². The van der Waals surface area contributed by atoms with E-state index in [9.17, 15) is 4.79 Å². The minimum atomic E-state index is -0.107. The summed E-state index contributed by atoms with van der Waals surface area (Å²) in [5.41, 5.74) is 1.83. The van der Waals surface area contributed by atoms with E-state index in [-0.39, 0.29) is 11.7 Å². The second kappa shape index (κ2) is 6.84. The van der Waals surface area contributed by atoms with E-state index in [0.29, 0.717) is 11.0 Å². The van der Waals surface area contributed by atoms with Crippen LogP contribution in [0.5, 0.6) is 0 Å². The summed E-state index contributed by atoms with van der Waals surface area (Å²) in [5.74, 6) is 6.71.